The number of rotatable bonds is 6. The first-order chi connectivity index (χ1) is 19.1. The average Bonchev–Trinajstić information content (AvgIpc) is 3.43. The first-order valence-electron chi connectivity index (χ1n) is 12.2. The molecule has 1 aliphatic rings. The summed E-state index contributed by atoms with van der Waals surface area (Å²) < 4.78 is 53.5. The van der Waals surface area contributed by atoms with Crippen LogP contribution >= 0.6 is 11.6 Å². The third-order valence-electron chi connectivity index (χ3n) is 6.38. The van der Waals surface area contributed by atoms with Gasteiger partial charge in [0.05, 0.1) is 17.4 Å². The van der Waals surface area contributed by atoms with Gasteiger partial charge >= 0.3 is 6.18 Å². The normalized spacial score (nSPS) is 15.8. The molecule has 0 spiro atoms. The standard InChI is InChI=1S/C29H21ClF4N4O2/c1-16(17-5-8-27(36-15-17)29(32,33)34)37-28(39)20-11-18(22-7-6-21(30)13-23(22)31)10-19(12-20)25-14-26(40-38-25)24-4-2-3-9-35-24/h2-13,15-16,26H,14H2,1H3,(H,37,39)/t16-,26?/m1/s1. The molecule has 1 unspecified atom stereocenters. The van der Waals surface area contributed by atoms with E-state index in [1.54, 1.807) is 37.4 Å². The number of pyridine rings is 2. The van der Waals surface area contributed by atoms with Crippen molar-refractivity contribution in [1.82, 2.24) is 15.3 Å². The lowest BCUT2D eigenvalue weighted by Crippen LogP contribution is -2.27. The number of oxime groups is 1. The molecule has 0 aliphatic carbocycles. The Morgan fingerprint density at radius 2 is 1.85 bits per heavy atom. The molecule has 0 fully saturated rings. The number of hydrogen-bond acceptors (Lipinski definition) is 5. The van der Waals surface area contributed by atoms with Gasteiger partial charge in [0.15, 0.2) is 6.10 Å². The largest absolute Gasteiger partial charge is 0.433 e. The first kappa shape index (κ1) is 27.3. The summed E-state index contributed by atoms with van der Waals surface area (Å²) in [6.45, 7) is 1.62. The Balaban J connectivity index is 1.45. The second-order valence-corrected chi connectivity index (χ2v) is 9.62. The molecule has 1 amide bonds. The summed E-state index contributed by atoms with van der Waals surface area (Å²) in [6, 6.07) is 16.0. The fraction of sp³-hybridized carbons (Fsp3) is 0.172. The van der Waals surface area contributed by atoms with Crippen LogP contribution in [0.3, 0.4) is 0 Å². The lowest BCUT2D eigenvalue weighted by molar-refractivity contribution is -0.141. The topological polar surface area (TPSA) is 76.5 Å². The number of nitrogens with one attached hydrogen (secondary N) is 1. The lowest BCUT2D eigenvalue weighted by Gasteiger charge is -2.16. The minimum absolute atomic E-state index is 0.192. The van der Waals surface area contributed by atoms with Crippen LogP contribution in [0.4, 0.5) is 17.6 Å². The van der Waals surface area contributed by atoms with E-state index in [1.807, 2.05) is 12.1 Å². The maximum atomic E-state index is 14.9. The number of alkyl halides is 3. The highest BCUT2D eigenvalue weighted by Gasteiger charge is 2.32. The number of carbonyl (C=O) groups excluding carboxylic acids is 1. The van der Waals surface area contributed by atoms with Gasteiger partial charge in [0.2, 0.25) is 0 Å². The van der Waals surface area contributed by atoms with Gasteiger partial charge in [-0.1, -0.05) is 28.9 Å². The molecule has 1 N–H and O–H groups in total. The first-order valence-corrected chi connectivity index (χ1v) is 12.5. The van der Waals surface area contributed by atoms with Crippen molar-refractivity contribution >= 4 is 23.2 Å². The monoisotopic (exact) mass is 568 g/mol. The molecule has 2 aromatic heterocycles. The van der Waals surface area contributed by atoms with Gasteiger partial charge in [-0.25, -0.2) is 4.39 Å². The summed E-state index contributed by atoms with van der Waals surface area (Å²) in [5.41, 5.74) is 1.95. The minimum Gasteiger partial charge on any atom is -0.385 e. The molecule has 6 nitrogen and oxygen atoms in total. The van der Waals surface area contributed by atoms with Crippen LogP contribution < -0.4 is 5.32 Å². The quantitative estimate of drug-likeness (QED) is 0.247. The van der Waals surface area contributed by atoms with Crippen molar-refractivity contribution in [2.45, 2.75) is 31.7 Å². The summed E-state index contributed by atoms with van der Waals surface area (Å²) in [6.07, 6.45) is -1.90. The minimum atomic E-state index is -4.57. The van der Waals surface area contributed by atoms with Crippen LogP contribution in [0.25, 0.3) is 11.1 Å². The SMILES string of the molecule is C[C@@H](NC(=O)c1cc(C2=NOC(c3ccccn3)C2)cc(-c2ccc(Cl)cc2F)c1)c1ccc(C(F)(F)F)nc1. The van der Waals surface area contributed by atoms with Crippen LogP contribution in [-0.2, 0) is 11.0 Å². The predicted molar refractivity (Wildman–Crippen MR) is 141 cm³/mol. The molecule has 2 atom stereocenters. The Kier molecular flexibility index (Phi) is 7.53. The third-order valence-corrected chi connectivity index (χ3v) is 6.62. The number of aromatic nitrogens is 2. The van der Waals surface area contributed by atoms with E-state index in [0.717, 1.165) is 12.3 Å². The van der Waals surface area contributed by atoms with Gasteiger partial charge in [-0.3, -0.25) is 14.8 Å². The summed E-state index contributed by atoms with van der Waals surface area (Å²) in [5.74, 6) is -1.10. The average molecular weight is 569 g/mol. The van der Waals surface area contributed by atoms with Crippen molar-refractivity contribution in [2.75, 3.05) is 0 Å². The fourth-order valence-corrected chi connectivity index (χ4v) is 4.43. The number of carbonyl (C=O) groups is 1. The number of hydrogen-bond donors (Lipinski definition) is 1. The van der Waals surface area contributed by atoms with Gasteiger partial charge in [0.1, 0.15) is 11.5 Å². The highest BCUT2D eigenvalue weighted by molar-refractivity contribution is 6.30. The van der Waals surface area contributed by atoms with Crippen LogP contribution in [-0.4, -0.2) is 21.6 Å². The highest BCUT2D eigenvalue weighted by atomic mass is 35.5. The molecular weight excluding hydrogens is 548 g/mol. The summed E-state index contributed by atoms with van der Waals surface area (Å²) in [5, 5.41) is 7.19. The van der Waals surface area contributed by atoms with E-state index >= 15 is 0 Å². The zero-order valence-electron chi connectivity index (χ0n) is 20.9. The smallest absolute Gasteiger partial charge is 0.385 e. The molecule has 0 saturated carbocycles. The number of amides is 1. The molecule has 1 aliphatic heterocycles. The van der Waals surface area contributed by atoms with Crippen molar-refractivity contribution in [3.8, 4) is 11.1 Å². The molecule has 40 heavy (non-hydrogen) atoms. The summed E-state index contributed by atoms with van der Waals surface area (Å²) in [4.78, 5) is 26.7. The van der Waals surface area contributed by atoms with Gasteiger partial charge in [0, 0.05) is 40.5 Å². The van der Waals surface area contributed by atoms with Gasteiger partial charge < -0.3 is 10.2 Å². The number of nitrogens with zero attached hydrogens (tertiary/aromatic N) is 3. The van der Waals surface area contributed by atoms with E-state index in [4.69, 9.17) is 16.4 Å². The molecule has 4 aromatic rings. The zero-order valence-corrected chi connectivity index (χ0v) is 21.7. The van der Waals surface area contributed by atoms with Gasteiger partial charge in [-0.15, -0.1) is 0 Å². The van der Waals surface area contributed by atoms with Crippen LogP contribution in [0.5, 0.6) is 0 Å². The maximum absolute atomic E-state index is 14.9. The van der Waals surface area contributed by atoms with Crippen LogP contribution in [0.2, 0.25) is 5.02 Å². The summed E-state index contributed by atoms with van der Waals surface area (Å²) >= 11 is 5.93. The lowest BCUT2D eigenvalue weighted by atomic mass is 9.95. The van der Waals surface area contributed by atoms with Crippen LogP contribution in [0.1, 0.15) is 58.4 Å². The Hall–Kier alpha value is -4.31. The molecular formula is C29H21ClF4N4O2. The Labute approximate surface area is 231 Å². The second kappa shape index (κ2) is 11.1. The van der Waals surface area contributed by atoms with Gasteiger partial charge in [-0.2, -0.15) is 13.2 Å². The van der Waals surface area contributed by atoms with E-state index in [1.165, 1.54) is 24.3 Å². The van der Waals surface area contributed by atoms with Crippen molar-refractivity contribution in [3.05, 3.63) is 118 Å². The van der Waals surface area contributed by atoms with E-state index in [9.17, 15) is 22.4 Å². The number of benzene rings is 2. The Bertz CT molecular complexity index is 1580. The van der Waals surface area contributed by atoms with E-state index in [2.05, 4.69) is 20.4 Å². The van der Waals surface area contributed by atoms with Crippen molar-refractivity contribution < 1.29 is 27.2 Å². The molecule has 3 heterocycles. The van der Waals surface area contributed by atoms with Crippen LogP contribution in [0.15, 0.2) is 84.3 Å². The van der Waals surface area contributed by atoms with Gasteiger partial charge in [-0.05, 0) is 72.6 Å². The molecule has 0 bridgehead atoms. The molecule has 204 valence electrons. The molecule has 11 heteroatoms. The van der Waals surface area contributed by atoms with E-state index in [-0.39, 0.29) is 16.1 Å². The second-order valence-electron chi connectivity index (χ2n) is 9.18. The summed E-state index contributed by atoms with van der Waals surface area (Å²) in [7, 11) is 0. The maximum Gasteiger partial charge on any atom is 0.433 e. The molecule has 2 aromatic carbocycles. The number of halogens is 5. The van der Waals surface area contributed by atoms with Crippen molar-refractivity contribution in [1.29, 1.82) is 0 Å². The molecule has 0 radical (unpaired) electrons. The van der Waals surface area contributed by atoms with Crippen molar-refractivity contribution in [2.24, 2.45) is 5.16 Å². The predicted octanol–water partition coefficient (Wildman–Crippen LogP) is 7.31. The van der Waals surface area contributed by atoms with Gasteiger partial charge in [0.25, 0.3) is 5.91 Å². The van der Waals surface area contributed by atoms with E-state index in [0.29, 0.717) is 34.5 Å². The Morgan fingerprint density at radius 3 is 2.52 bits per heavy atom. The fourth-order valence-electron chi connectivity index (χ4n) is 4.27. The highest BCUT2D eigenvalue weighted by Crippen LogP contribution is 2.33. The van der Waals surface area contributed by atoms with Crippen LogP contribution in [0, 0.1) is 5.82 Å². The molecule has 5 rings (SSSR count). The zero-order chi connectivity index (χ0) is 28.4. The Morgan fingerprint density at radius 1 is 1.05 bits per heavy atom. The molecule has 0 saturated heterocycles. The van der Waals surface area contributed by atoms with Crippen molar-refractivity contribution in [3.63, 3.8) is 0 Å². The van der Waals surface area contributed by atoms with E-state index < -0.39 is 35.7 Å². The third kappa shape index (κ3) is 5.96.